The molecule has 5 rings (SSSR count). The summed E-state index contributed by atoms with van der Waals surface area (Å²) < 4.78 is 23.8. The van der Waals surface area contributed by atoms with Gasteiger partial charge < -0.3 is 18.3 Å². The van der Waals surface area contributed by atoms with Gasteiger partial charge in [-0.25, -0.2) is 4.99 Å². The molecular weight excluding hydrogens is 544 g/mol. The number of nitriles is 1. The third-order valence-electron chi connectivity index (χ3n) is 6.12. The lowest BCUT2D eigenvalue weighted by molar-refractivity contribution is 0.414. The van der Waals surface area contributed by atoms with E-state index in [1.807, 2.05) is 85.8 Å². The van der Waals surface area contributed by atoms with Crippen LogP contribution in [0.25, 0.3) is 33.8 Å². The van der Waals surface area contributed by atoms with Crippen molar-refractivity contribution in [2.24, 2.45) is 4.99 Å². The summed E-state index contributed by atoms with van der Waals surface area (Å²) in [5.41, 5.74) is 4.66. The molecule has 3 aromatic carbocycles. The highest BCUT2D eigenvalue weighted by Gasteiger charge is 2.23. The van der Waals surface area contributed by atoms with Gasteiger partial charge in [-0.3, -0.25) is 0 Å². The van der Waals surface area contributed by atoms with E-state index < -0.39 is 0 Å². The molecule has 0 aliphatic heterocycles. The number of aryl methyl sites for hydroxylation is 1. The van der Waals surface area contributed by atoms with E-state index in [2.05, 4.69) is 27.0 Å². The average molecular weight is 567 g/mol. The van der Waals surface area contributed by atoms with Crippen LogP contribution in [0.2, 0.25) is 0 Å². The van der Waals surface area contributed by atoms with Crippen LogP contribution in [0.15, 0.2) is 97.2 Å². The second kappa shape index (κ2) is 10.8. The van der Waals surface area contributed by atoms with E-state index in [9.17, 15) is 5.26 Å². The maximum atomic E-state index is 10.1. The number of ether oxygens (including phenoxy) is 2. The zero-order chi connectivity index (χ0) is 26.6. The van der Waals surface area contributed by atoms with Gasteiger partial charge in [0.25, 0.3) is 0 Å². The average Bonchev–Trinajstić information content (AvgIpc) is 3.58. The summed E-state index contributed by atoms with van der Waals surface area (Å²) in [6.07, 6.45) is 1.56. The van der Waals surface area contributed by atoms with Crippen molar-refractivity contribution in [3.05, 3.63) is 100 Å². The van der Waals surface area contributed by atoms with Gasteiger partial charge in [-0.05, 0) is 72.6 Å². The normalized spacial score (nSPS) is 11.0. The minimum Gasteiger partial charge on any atom is -0.497 e. The fraction of sp³-hybridized carbons (Fsp3) is 0.0968. The van der Waals surface area contributed by atoms with E-state index >= 15 is 0 Å². The Balaban J connectivity index is 1.56. The van der Waals surface area contributed by atoms with Crippen molar-refractivity contribution in [2.75, 3.05) is 14.2 Å². The predicted molar refractivity (Wildman–Crippen MR) is 151 cm³/mol. The summed E-state index contributed by atoms with van der Waals surface area (Å²) in [7, 11) is 3.23. The van der Waals surface area contributed by atoms with E-state index in [-0.39, 0.29) is 5.88 Å². The SMILES string of the molecule is COc1ccc(-c2oc(N=Cc3ccc(-c4ccc(C)c(Br)c4)o3)c(C#N)c2-c2ccc(OC)cc2)cc1. The zero-order valence-electron chi connectivity index (χ0n) is 21.0. The molecule has 5 aromatic rings. The van der Waals surface area contributed by atoms with E-state index in [1.54, 1.807) is 20.4 Å². The summed E-state index contributed by atoms with van der Waals surface area (Å²) in [6, 6.07) is 27.0. The fourth-order valence-corrected chi connectivity index (χ4v) is 4.42. The molecule has 0 bridgehead atoms. The highest BCUT2D eigenvalue weighted by molar-refractivity contribution is 9.10. The van der Waals surface area contributed by atoms with Crippen LogP contribution in [0, 0.1) is 18.3 Å². The molecule has 0 fully saturated rings. The molecule has 2 aromatic heterocycles. The van der Waals surface area contributed by atoms with Crippen LogP contribution in [-0.4, -0.2) is 20.4 Å². The molecular formula is C31H23BrN2O4. The van der Waals surface area contributed by atoms with Crippen LogP contribution in [0.1, 0.15) is 16.9 Å². The lowest BCUT2D eigenvalue weighted by atomic mass is 9.98. The van der Waals surface area contributed by atoms with Crippen LogP contribution in [0.5, 0.6) is 11.5 Å². The molecule has 0 amide bonds. The van der Waals surface area contributed by atoms with Gasteiger partial charge in [0, 0.05) is 21.2 Å². The predicted octanol–water partition coefficient (Wildman–Crippen LogP) is 8.58. The maximum absolute atomic E-state index is 10.1. The largest absolute Gasteiger partial charge is 0.497 e. The van der Waals surface area contributed by atoms with Crippen molar-refractivity contribution < 1.29 is 18.3 Å². The number of halogens is 1. The van der Waals surface area contributed by atoms with E-state index in [0.29, 0.717) is 34.2 Å². The van der Waals surface area contributed by atoms with Crippen molar-refractivity contribution in [3.63, 3.8) is 0 Å². The summed E-state index contributed by atoms with van der Waals surface area (Å²) in [5.74, 6) is 3.42. The van der Waals surface area contributed by atoms with Crippen LogP contribution in [0.4, 0.5) is 5.88 Å². The van der Waals surface area contributed by atoms with Gasteiger partial charge in [-0.15, -0.1) is 0 Å². The zero-order valence-corrected chi connectivity index (χ0v) is 22.6. The first-order valence-electron chi connectivity index (χ1n) is 11.8. The van der Waals surface area contributed by atoms with Gasteiger partial charge >= 0.3 is 0 Å². The third kappa shape index (κ3) is 4.99. The molecule has 0 aliphatic rings. The van der Waals surface area contributed by atoms with Crippen molar-refractivity contribution in [1.82, 2.24) is 0 Å². The molecule has 0 atom stereocenters. The Bertz CT molecular complexity index is 1660. The lowest BCUT2D eigenvalue weighted by Crippen LogP contribution is -1.86. The number of nitrogens with zero attached hydrogens (tertiary/aromatic N) is 2. The number of rotatable bonds is 7. The second-order valence-corrected chi connectivity index (χ2v) is 9.33. The maximum Gasteiger partial charge on any atom is 0.238 e. The molecule has 7 heteroatoms. The van der Waals surface area contributed by atoms with Crippen molar-refractivity contribution in [3.8, 4) is 51.3 Å². The summed E-state index contributed by atoms with van der Waals surface area (Å²) in [6.45, 7) is 2.03. The third-order valence-corrected chi connectivity index (χ3v) is 6.98. The van der Waals surface area contributed by atoms with Gasteiger partial charge in [0.1, 0.15) is 40.4 Å². The minimum atomic E-state index is 0.195. The molecule has 38 heavy (non-hydrogen) atoms. The highest BCUT2D eigenvalue weighted by atomic mass is 79.9. The first kappa shape index (κ1) is 25.1. The standard InChI is InChI=1S/C31H23BrN2O4/c1-19-4-5-22(16-27(19)32)28-15-14-25(37-28)18-34-31-26(17-33)29(20-6-10-23(35-2)11-7-20)30(38-31)21-8-12-24(36-3)13-9-21/h4-16,18H,1-3H3. The molecule has 0 N–H and O–H groups in total. The van der Waals surface area contributed by atoms with Crippen molar-refractivity contribution in [1.29, 1.82) is 5.26 Å². The number of methoxy groups -OCH3 is 2. The first-order chi connectivity index (χ1) is 18.5. The number of hydrogen-bond donors (Lipinski definition) is 0. The van der Waals surface area contributed by atoms with Crippen LogP contribution < -0.4 is 9.47 Å². The molecule has 0 saturated carbocycles. The number of furan rings is 2. The summed E-state index contributed by atoms with van der Waals surface area (Å²) in [5, 5.41) is 10.1. The molecule has 0 saturated heterocycles. The van der Waals surface area contributed by atoms with E-state index in [0.717, 1.165) is 32.5 Å². The molecule has 0 aliphatic carbocycles. The van der Waals surface area contributed by atoms with Gasteiger partial charge in [0.15, 0.2) is 0 Å². The first-order valence-corrected chi connectivity index (χ1v) is 12.6. The van der Waals surface area contributed by atoms with Gasteiger partial charge in [0.05, 0.1) is 20.4 Å². The number of hydrogen-bond acceptors (Lipinski definition) is 6. The van der Waals surface area contributed by atoms with Crippen LogP contribution >= 0.6 is 15.9 Å². The van der Waals surface area contributed by atoms with Gasteiger partial charge in [0.2, 0.25) is 5.88 Å². The van der Waals surface area contributed by atoms with E-state index in [1.165, 1.54) is 0 Å². The van der Waals surface area contributed by atoms with Crippen molar-refractivity contribution in [2.45, 2.75) is 6.92 Å². The molecule has 6 nitrogen and oxygen atoms in total. The molecule has 0 radical (unpaired) electrons. The quantitative estimate of drug-likeness (QED) is 0.184. The molecule has 0 unspecified atom stereocenters. The number of aliphatic imine (C=N–C) groups is 1. The van der Waals surface area contributed by atoms with Crippen molar-refractivity contribution >= 4 is 28.0 Å². The Morgan fingerprint density at radius 3 is 2.05 bits per heavy atom. The van der Waals surface area contributed by atoms with Gasteiger partial charge in [-0.2, -0.15) is 5.26 Å². The summed E-state index contributed by atoms with van der Waals surface area (Å²) in [4.78, 5) is 4.52. The minimum absolute atomic E-state index is 0.195. The molecule has 2 heterocycles. The van der Waals surface area contributed by atoms with Gasteiger partial charge in [-0.1, -0.05) is 40.2 Å². The lowest BCUT2D eigenvalue weighted by Gasteiger charge is -2.06. The molecule has 0 spiro atoms. The van der Waals surface area contributed by atoms with Crippen LogP contribution in [0.3, 0.4) is 0 Å². The number of benzene rings is 3. The highest BCUT2D eigenvalue weighted by Crippen LogP contribution is 2.43. The smallest absolute Gasteiger partial charge is 0.238 e. The Morgan fingerprint density at radius 1 is 0.816 bits per heavy atom. The Labute approximate surface area is 228 Å². The Hall–Kier alpha value is -4.54. The Kier molecular flexibility index (Phi) is 7.16. The fourth-order valence-electron chi connectivity index (χ4n) is 4.04. The summed E-state index contributed by atoms with van der Waals surface area (Å²) >= 11 is 3.57. The topological polar surface area (TPSA) is 80.9 Å². The Morgan fingerprint density at radius 2 is 1.45 bits per heavy atom. The monoisotopic (exact) mass is 566 g/mol. The van der Waals surface area contributed by atoms with E-state index in [4.69, 9.17) is 18.3 Å². The van der Waals surface area contributed by atoms with Crippen LogP contribution in [-0.2, 0) is 0 Å². The second-order valence-electron chi connectivity index (χ2n) is 8.48. The molecule has 188 valence electrons.